The number of ether oxygens (including phenoxy) is 2. The first-order valence-electron chi connectivity index (χ1n) is 12.2. The van der Waals surface area contributed by atoms with Gasteiger partial charge in [0.15, 0.2) is 0 Å². The normalized spacial score (nSPS) is 14.6. The zero-order valence-electron chi connectivity index (χ0n) is 21.3. The molecule has 1 aliphatic rings. The molecule has 37 heavy (non-hydrogen) atoms. The second kappa shape index (κ2) is 9.31. The summed E-state index contributed by atoms with van der Waals surface area (Å²) in [6, 6.07) is 17.9. The number of hydrogen-bond acceptors (Lipinski definition) is 7. The van der Waals surface area contributed by atoms with Crippen LogP contribution < -0.4 is 5.32 Å². The average Bonchev–Trinajstić information content (AvgIpc) is 3.28. The van der Waals surface area contributed by atoms with E-state index in [1.807, 2.05) is 81.6 Å². The number of benzene rings is 2. The summed E-state index contributed by atoms with van der Waals surface area (Å²) in [4.78, 5) is 33.5. The topological polar surface area (TPSA) is 108 Å². The summed E-state index contributed by atoms with van der Waals surface area (Å²) in [5, 5.41) is 7.34. The maximum absolute atomic E-state index is 12.5. The predicted octanol–water partition coefficient (Wildman–Crippen LogP) is 5.15. The molecule has 0 saturated heterocycles. The number of rotatable bonds is 5. The fourth-order valence-corrected chi connectivity index (χ4v) is 4.51. The molecule has 0 radical (unpaired) electrons. The van der Waals surface area contributed by atoms with Gasteiger partial charge in [-0.25, -0.2) is 19.1 Å². The molecule has 0 atom stereocenters. The maximum Gasteiger partial charge on any atom is 0.408 e. The molecule has 1 N–H and O–H groups in total. The Morgan fingerprint density at radius 2 is 1.68 bits per heavy atom. The van der Waals surface area contributed by atoms with Gasteiger partial charge in [-0.1, -0.05) is 54.6 Å². The second-order valence-corrected chi connectivity index (χ2v) is 10.2. The highest BCUT2D eigenvalue weighted by molar-refractivity contribution is 5.86. The van der Waals surface area contributed by atoms with Crippen molar-refractivity contribution < 1.29 is 19.1 Å². The molecule has 0 spiro atoms. The summed E-state index contributed by atoms with van der Waals surface area (Å²) in [7, 11) is 1.29. The fraction of sp³-hybridized carbons (Fsp3) is 0.321. The zero-order valence-corrected chi connectivity index (χ0v) is 21.3. The van der Waals surface area contributed by atoms with Crippen molar-refractivity contribution in [3.8, 4) is 22.4 Å². The lowest BCUT2D eigenvalue weighted by Gasteiger charge is -2.43. The highest BCUT2D eigenvalue weighted by atomic mass is 16.6. The number of nitrogens with one attached hydrogen (secondary N) is 1. The molecule has 2 aromatic heterocycles. The van der Waals surface area contributed by atoms with Crippen LogP contribution in [0.2, 0.25) is 0 Å². The number of amides is 1. The van der Waals surface area contributed by atoms with Crippen molar-refractivity contribution in [3.05, 3.63) is 72.2 Å². The number of nitrogens with zero attached hydrogens (tertiary/aromatic N) is 4. The summed E-state index contributed by atoms with van der Waals surface area (Å²) < 4.78 is 11.8. The quantitative estimate of drug-likeness (QED) is 0.378. The number of aromatic nitrogens is 4. The lowest BCUT2D eigenvalue weighted by atomic mass is 9.71. The summed E-state index contributed by atoms with van der Waals surface area (Å²) in [6.07, 6.45) is 4.13. The third kappa shape index (κ3) is 4.89. The Hall–Kier alpha value is -4.27. The number of methoxy groups -OCH3 is 1. The number of fused-ring (bicyclic) bond motifs is 1. The van der Waals surface area contributed by atoms with Crippen LogP contribution >= 0.6 is 0 Å². The first kappa shape index (κ1) is 24.4. The number of alkyl carbamates (subject to hydrolysis) is 1. The van der Waals surface area contributed by atoms with E-state index in [1.54, 1.807) is 0 Å². The monoisotopic (exact) mass is 499 g/mol. The molecular formula is C28H29N5O4. The van der Waals surface area contributed by atoms with Crippen molar-refractivity contribution in [2.24, 2.45) is 0 Å². The van der Waals surface area contributed by atoms with Crippen LogP contribution in [0.1, 0.15) is 56.2 Å². The van der Waals surface area contributed by atoms with Gasteiger partial charge in [0, 0.05) is 17.3 Å². The molecule has 5 rings (SSSR count). The molecule has 1 saturated carbocycles. The SMILES string of the molecule is COC(=O)c1nc2nc(-c3ccc(C4(NC(=O)OC(C)(C)C)CCC4)cc3)c(-c3ccccc3)cn2n1. The third-order valence-electron chi connectivity index (χ3n) is 6.44. The standard InChI is InChI=1S/C28H29N5O4/c1-27(2,3)37-26(35)31-28(15-8-16-28)20-13-11-19(12-14-20)22-21(18-9-6-5-7-10-18)17-33-25(29-22)30-23(32-33)24(34)36-4/h5-7,9-14,17H,8,15-16H2,1-4H3,(H,31,35). The molecule has 1 fully saturated rings. The summed E-state index contributed by atoms with van der Waals surface area (Å²) in [6.45, 7) is 5.56. The van der Waals surface area contributed by atoms with Crippen LogP contribution in [-0.2, 0) is 15.0 Å². The molecule has 0 aliphatic heterocycles. The average molecular weight is 500 g/mol. The Kier molecular flexibility index (Phi) is 6.15. The first-order valence-corrected chi connectivity index (χ1v) is 12.2. The van der Waals surface area contributed by atoms with Gasteiger partial charge < -0.3 is 14.8 Å². The Morgan fingerprint density at radius 1 is 0.973 bits per heavy atom. The first-order chi connectivity index (χ1) is 17.7. The van der Waals surface area contributed by atoms with E-state index in [0.717, 1.165) is 41.5 Å². The molecule has 1 amide bonds. The molecule has 9 nitrogen and oxygen atoms in total. The molecule has 0 unspecified atom stereocenters. The van der Waals surface area contributed by atoms with Gasteiger partial charge in [-0.15, -0.1) is 5.10 Å². The number of hydrogen-bond donors (Lipinski definition) is 1. The van der Waals surface area contributed by atoms with Crippen LogP contribution in [0.5, 0.6) is 0 Å². The molecule has 0 bridgehead atoms. The number of esters is 1. The fourth-order valence-electron chi connectivity index (χ4n) is 4.51. The van der Waals surface area contributed by atoms with Crippen LogP contribution in [0.25, 0.3) is 28.2 Å². The van der Waals surface area contributed by atoms with E-state index in [2.05, 4.69) is 15.4 Å². The van der Waals surface area contributed by atoms with Crippen LogP contribution in [0.3, 0.4) is 0 Å². The molecule has 190 valence electrons. The van der Waals surface area contributed by atoms with Gasteiger partial charge in [0.1, 0.15) is 5.60 Å². The van der Waals surface area contributed by atoms with Crippen molar-refractivity contribution in [2.75, 3.05) is 7.11 Å². The van der Waals surface area contributed by atoms with Gasteiger partial charge in [-0.3, -0.25) is 0 Å². The minimum absolute atomic E-state index is 0.0540. The summed E-state index contributed by atoms with van der Waals surface area (Å²) in [5.74, 6) is -0.385. The summed E-state index contributed by atoms with van der Waals surface area (Å²) >= 11 is 0. The molecule has 1 aliphatic carbocycles. The third-order valence-corrected chi connectivity index (χ3v) is 6.44. The smallest absolute Gasteiger partial charge is 0.408 e. The lowest BCUT2D eigenvalue weighted by Crippen LogP contribution is -2.52. The van der Waals surface area contributed by atoms with Gasteiger partial charge in [-0.2, -0.15) is 4.98 Å². The minimum atomic E-state index is -0.624. The van der Waals surface area contributed by atoms with Crippen molar-refractivity contribution in [2.45, 2.75) is 51.2 Å². The molecular weight excluding hydrogens is 470 g/mol. The molecule has 2 aromatic carbocycles. The van der Waals surface area contributed by atoms with E-state index in [9.17, 15) is 9.59 Å². The highest BCUT2D eigenvalue weighted by Crippen LogP contribution is 2.42. The van der Waals surface area contributed by atoms with Gasteiger partial charge in [0.2, 0.25) is 0 Å². The minimum Gasteiger partial charge on any atom is -0.463 e. The van der Waals surface area contributed by atoms with E-state index in [4.69, 9.17) is 14.5 Å². The van der Waals surface area contributed by atoms with Gasteiger partial charge >= 0.3 is 12.1 Å². The van der Waals surface area contributed by atoms with Crippen LogP contribution in [0.4, 0.5) is 4.79 Å². The van der Waals surface area contributed by atoms with Gasteiger partial charge in [-0.05, 0) is 51.2 Å². The zero-order chi connectivity index (χ0) is 26.2. The second-order valence-electron chi connectivity index (χ2n) is 10.2. The van der Waals surface area contributed by atoms with Gasteiger partial charge in [0.05, 0.1) is 18.3 Å². The highest BCUT2D eigenvalue weighted by Gasteiger charge is 2.41. The van der Waals surface area contributed by atoms with Crippen LogP contribution in [0, 0.1) is 0 Å². The Morgan fingerprint density at radius 3 is 2.27 bits per heavy atom. The van der Waals surface area contributed by atoms with E-state index in [-0.39, 0.29) is 5.82 Å². The molecule has 4 aromatic rings. The van der Waals surface area contributed by atoms with Crippen LogP contribution in [0.15, 0.2) is 60.8 Å². The van der Waals surface area contributed by atoms with Crippen molar-refractivity contribution in [1.82, 2.24) is 24.9 Å². The largest absolute Gasteiger partial charge is 0.463 e. The van der Waals surface area contributed by atoms with E-state index in [0.29, 0.717) is 11.5 Å². The predicted molar refractivity (Wildman–Crippen MR) is 138 cm³/mol. The Labute approximate surface area is 214 Å². The maximum atomic E-state index is 12.5. The van der Waals surface area contributed by atoms with E-state index >= 15 is 0 Å². The molecule has 9 heteroatoms. The number of carbonyl (C=O) groups excluding carboxylic acids is 2. The number of carbonyl (C=O) groups is 2. The van der Waals surface area contributed by atoms with Crippen molar-refractivity contribution in [3.63, 3.8) is 0 Å². The van der Waals surface area contributed by atoms with E-state index in [1.165, 1.54) is 11.6 Å². The Balaban J connectivity index is 1.53. The van der Waals surface area contributed by atoms with Crippen LogP contribution in [-0.4, -0.2) is 44.4 Å². The van der Waals surface area contributed by atoms with E-state index < -0.39 is 23.2 Å². The van der Waals surface area contributed by atoms with Crippen molar-refractivity contribution in [1.29, 1.82) is 0 Å². The summed E-state index contributed by atoms with van der Waals surface area (Å²) in [5.41, 5.74) is 3.39. The lowest BCUT2D eigenvalue weighted by molar-refractivity contribution is 0.0377. The molecule has 2 heterocycles. The van der Waals surface area contributed by atoms with Crippen molar-refractivity contribution >= 4 is 17.8 Å². The Bertz CT molecular complexity index is 1450. The van der Waals surface area contributed by atoms with Gasteiger partial charge in [0.25, 0.3) is 11.6 Å².